The molecule has 3 rings (SSSR count). The van der Waals surface area contributed by atoms with E-state index in [0.717, 1.165) is 17.7 Å². The van der Waals surface area contributed by atoms with Crippen LogP contribution in [0.1, 0.15) is 25.0 Å². The zero-order chi connectivity index (χ0) is 19.6. The molecule has 0 aromatic heterocycles. The number of benzene rings is 2. The molecule has 1 heterocycles. The van der Waals surface area contributed by atoms with Gasteiger partial charge in [0.15, 0.2) is 0 Å². The van der Waals surface area contributed by atoms with Crippen LogP contribution in [-0.2, 0) is 10.2 Å². The van der Waals surface area contributed by atoms with Gasteiger partial charge in [0, 0.05) is 5.41 Å². The molecular weight excluding hydrogens is 356 g/mol. The molecule has 1 aliphatic heterocycles. The Morgan fingerprint density at radius 2 is 1.23 bits per heavy atom. The van der Waals surface area contributed by atoms with Gasteiger partial charge >= 0.3 is 0 Å². The highest BCUT2D eigenvalue weighted by molar-refractivity contribution is 6.18. The number of alkyl halides is 1. The molecule has 2 aromatic rings. The average molecular weight is 383 g/mol. The number of aliphatic hydroxyl groups excluding tert-OH is 2. The molecule has 2 aromatic carbocycles. The van der Waals surface area contributed by atoms with Crippen LogP contribution in [0.3, 0.4) is 0 Å². The zero-order valence-corrected chi connectivity index (χ0v) is 15.9. The Morgan fingerprint density at radius 3 is 1.42 bits per heavy atom. The topological polar surface area (TPSA) is 93.5 Å². The van der Waals surface area contributed by atoms with Crippen molar-refractivity contribution in [3.05, 3.63) is 59.7 Å². The summed E-state index contributed by atoms with van der Waals surface area (Å²) in [6.07, 6.45) is 0.400. The summed E-state index contributed by atoms with van der Waals surface area (Å²) in [6, 6.07) is 14.4. The lowest BCUT2D eigenvalue weighted by Gasteiger charge is -2.26. The molecule has 1 fully saturated rings. The van der Waals surface area contributed by atoms with Gasteiger partial charge in [-0.2, -0.15) is 0 Å². The van der Waals surface area contributed by atoms with Crippen molar-refractivity contribution in [3.63, 3.8) is 0 Å². The smallest absolute Gasteiger partial charge is 0.115 e. The van der Waals surface area contributed by atoms with Crippen molar-refractivity contribution in [2.24, 2.45) is 0 Å². The molecule has 26 heavy (non-hydrogen) atoms. The molecule has 1 unspecified atom stereocenters. The van der Waals surface area contributed by atoms with E-state index in [0.29, 0.717) is 12.0 Å². The number of hydrogen-bond donors (Lipinski definition) is 4. The van der Waals surface area contributed by atoms with E-state index in [1.807, 2.05) is 24.3 Å². The number of ether oxygens (including phenoxy) is 1. The first kappa shape index (κ1) is 22.3. The predicted octanol–water partition coefficient (Wildman–Crippen LogP) is 3.02. The van der Waals surface area contributed by atoms with Crippen LogP contribution >= 0.6 is 11.6 Å². The van der Waals surface area contributed by atoms with E-state index in [4.69, 9.17) is 26.6 Å². The molecule has 0 aliphatic carbocycles. The first-order valence-corrected chi connectivity index (χ1v) is 8.87. The molecule has 1 aliphatic rings. The third kappa shape index (κ3) is 7.62. The van der Waals surface area contributed by atoms with Gasteiger partial charge in [-0.3, -0.25) is 0 Å². The number of epoxide rings is 1. The molecule has 4 N–H and O–H groups in total. The van der Waals surface area contributed by atoms with Crippen LogP contribution in [0.5, 0.6) is 11.5 Å². The second kappa shape index (κ2) is 11.0. The summed E-state index contributed by atoms with van der Waals surface area (Å²) >= 11 is 5.27. The van der Waals surface area contributed by atoms with Crippen molar-refractivity contribution in [3.8, 4) is 11.5 Å². The van der Waals surface area contributed by atoms with E-state index in [-0.39, 0.29) is 30.1 Å². The van der Waals surface area contributed by atoms with E-state index in [9.17, 15) is 10.2 Å². The van der Waals surface area contributed by atoms with Crippen molar-refractivity contribution in [2.75, 3.05) is 25.7 Å². The van der Waals surface area contributed by atoms with E-state index < -0.39 is 0 Å². The Morgan fingerprint density at radius 1 is 0.885 bits per heavy atom. The fourth-order valence-corrected chi connectivity index (χ4v) is 2.26. The Kier molecular flexibility index (Phi) is 9.44. The van der Waals surface area contributed by atoms with Crippen molar-refractivity contribution in [1.82, 2.24) is 0 Å². The Labute approximate surface area is 159 Å². The zero-order valence-electron chi connectivity index (χ0n) is 15.1. The summed E-state index contributed by atoms with van der Waals surface area (Å²) in [5.41, 5.74) is 2.10. The minimum atomic E-state index is -0.151. The normalized spacial score (nSPS) is 15.2. The van der Waals surface area contributed by atoms with Gasteiger partial charge in [-0.1, -0.05) is 38.1 Å². The summed E-state index contributed by atoms with van der Waals surface area (Å²) in [4.78, 5) is 0. The first-order chi connectivity index (χ1) is 12.3. The second-order valence-corrected chi connectivity index (χ2v) is 6.58. The van der Waals surface area contributed by atoms with Crippen LogP contribution in [0.15, 0.2) is 48.5 Å². The van der Waals surface area contributed by atoms with Crippen LogP contribution in [0.25, 0.3) is 0 Å². The molecule has 0 spiro atoms. The van der Waals surface area contributed by atoms with Crippen LogP contribution in [0.2, 0.25) is 0 Å². The van der Waals surface area contributed by atoms with Gasteiger partial charge in [-0.05, 0) is 35.4 Å². The fraction of sp³-hybridized carbons (Fsp3) is 0.400. The summed E-state index contributed by atoms with van der Waals surface area (Å²) < 4.78 is 4.73. The lowest BCUT2D eigenvalue weighted by molar-refractivity contribution is 0.186. The Bertz CT molecular complexity index is 572. The summed E-state index contributed by atoms with van der Waals surface area (Å²) in [5.74, 6) is 1.21. The minimum Gasteiger partial charge on any atom is -0.508 e. The quantitative estimate of drug-likeness (QED) is 0.481. The largest absolute Gasteiger partial charge is 0.508 e. The molecule has 0 radical (unpaired) electrons. The molecule has 6 heteroatoms. The van der Waals surface area contributed by atoms with Gasteiger partial charge in [-0.25, -0.2) is 0 Å². The van der Waals surface area contributed by atoms with Gasteiger partial charge in [0.1, 0.15) is 11.5 Å². The lowest BCUT2D eigenvalue weighted by atomic mass is 9.78. The minimum absolute atomic E-state index is 0.125. The van der Waals surface area contributed by atoms with Crippen LogP contribution in [-0.4, -0.2) is 52.2 Å². The first-order valence-electron chi connectivity index (χ1n) is 8.33. The van der Waals surface area contributed by atoms with Crippen molar-refractivity contribution >= 4 is 11.6 Å². The standard InChI is InChI=1S/C15H16O2.C3H5ClO.C2H6O2/c1-15(2,11-3-7-13(16)8-4-11)12-5-9-14(17)10-6-12;4-1-3-2-5-3;3-1-2-4/h3-10,16-17H,1-2H3;3H,1-2H2;3-4H,1-2H2. The van der Waals surface area contributed by atoms with E-state index >= 15 is 0 Å². The van der Waals surface area contributed by atoms with E-state index in [1.54, 1.807) is 24.3 Å². The predicted molar refractivity (Wildman–Crippen MR) is 103 cm³/mol. The maximum Gasteiger partial charge on any atom is 0.115 e. The molecule has 5 nitrogen and oxygen atoms in total. The molecule has 1 atom stereocenters. The van der Waals surface area contributed by atoms with Gasteiger partial charge in [0.05, 0.1) is 31.8 Å². The molecule has 0 bridgehead atoms. The third-order valence-corrected chi connectivity index (χ3v) is 4.20. The maximum absolute atomic E-state index is 9.30. The number of halogens is 1. The van der Waals surface area contributed by atoms with E-state index in [1.165, 1.54) is 0 Å². The van der Waals surface area contributed by atoms with Gasteiger partial charge in [0.2, 0.25) is 0 Å². The van der Waals surface area contributed by atoms with Gasteiger partial charge in [-0.15, -0.1) is 11.6 Å². The number of aliphatic hydroxyl groups is 2. The number of phenolic OH excluding ortho intramolecular Hbond substituents is 2. The highest BCUT2D eigenvalue weighted by atomic mass is 35.5. The van der Waals surface area contributed by atoms with Crippen LogP contribution < -0.4 is 0 Å². The average Bonchev–Trinajstić information content (AvgIpc) is 3.48. The van der Waals surface area contributed by atoms with Gasteiger partial charge in [0.25, 0.3) is 0 Å². The summed E-state index contributed by atoms with van der Waals surface area (Å²) in [6.45, 7) is 4.86. The Hall–Kier alpha value is -1.79. The molecule has 0 saturated carbocycles. The number of phenols is 2. The van der Waals surface area contributed by atoms with Crippen molar-refractivity contribution in [1.29, 1.82) is 0 Å². The van der Waals surface area contributed by atoms with Gasteiger partial charge < -0.3 is 25.2 Å². The van der Waals surface area contributed by atoms with Crippen molar-refractivity contribution < 1.29 is 25.2 Å². The number of hydrogen-bond acceptors (Lipinski definition) is 5. The third-order valence-electron chi connectivity index (χ3n) is 3.85. The van der Waals surface area contributed by atoms with Crippen molar-refractivity contribution in [2.45, 2.75) is 25.4 Å². The maximum atomic E-state index is 9.30. The molecule has 144 valence electrons. The van der Waals surface area contributed by atoms with Crippen LogP contribution in [0.4, 0.5) is 0 Å². The van der Waals surface area contributed by atoms with E-state index in [2.05, 4.69) is 13.8 Å². The SMILES string of the molecule is CC(C)(c1ccc(O)cc1)c1ccc(O)cc1.ClCC1CO1.OCCO. The number of aromatic hydroxyl groups is 2. The second-order valence-electron chi connectivity index (χ2n) is 6.28. The highest BCUT2D eigenvalue weighted by Gasteiger charge is 2.22. The van der Waals surface area contributed by atoms with Crippen LogP contribution in [0, 0.1) is 0 Å². The lowest BCUT2D eigenvalue weighted by Crippen LogP contribution is -2.18. The molecule has 1 saturated heterocycles. The summed E-state index contributed by atoms with van der Waals surface area (Å²) in [7, 11) is 0. The molecule has 0 amide bonds. The summed E-state index contributed by atoms with van der Waals surface area (Å²) in [5, 5.41) is 33.8. The number of rotatable bonds is 4. The fourth-order valence-electron chi connectivity index (χ4n) is 2.08. The molecular formula is C20H27ClO5. The highest BCUT2D eigenvalue weighted by Crippen LogP contribution is 2.32. The monoisotopic (exact) mass is 382 g/mol. The Balaban J connectivity index is 0.000000309.